The molecule has 0 bridgehead atoms. The Kier molecular flexibility index (Phi) is 9.34. The Balaban J connectivity index is 0.000000473. The fraction of sp³-hybridized carbons (Fsp3) is 0.174. The summed E-state index contributed by atoms with van der Waals surface area (Å²) in [4.78, 5) is 26.1. The Morgan fingerprint density at radius 3 is 2.23 bits per heavy atom. The Morgan fingerprint density at radius 2 is 1.63 bits per heavy atom. The first-order valence-corrected chi connectivity index (χ1v) is 10.1. The van der Waals surface area contributed by atoms with Gasteiger partial charge in [-0.15, -0.1) is 0 Å². The summed E-state index contributed by atoms with van der Waals surface area (Å²) in [7, 11) is 3.22. The van der Waals surface area contributed by atoms with Gasteiger partial charge in [-0.2, -0.15) is 10.1 Å². The third kappa shape index (κ3) is 7.89. The molecule has 2 aromatic carbocycles. The van der Waals surface area contributed by atoms with Crippen molar-refractivity contribution in [2.75, 3.05) is 25.3 Å². The van der Waals surface area contributed by atoms with E-state index in [0.717, 1.165) is 41.7 Å². The number of carboxylic acids is 2. The fourth-order valence-corrected chi connectivity index (χ4v) is 2.89. The minimum atomic E-state index is -0.833. The molecule has 0 fully saturated rings. The normalized spacial score (nSPS) is 9.71. The summed E-state index contributed by atoms with van der Waals surface area (Å²) in [5.74, 6) is 0.495. The van der Waals surface area contributed by atoms with Gasteiger partial charge < -0.3 is 30.7 Å². The molecule has 0 atom stereocenters. The van der Waals surface area contributed by atoms with E-state index < -0.39 is 11.9 Å². The van der Waals surface area contributed by atoms with Gasteiger partial charge in [0.2, 0.25) is 5.95 Å². The van der Waals surface area contributed by atoms with E-state index in [9.17, 15) is 0 Å². The number of rotatable bonds is 5. The van der Waals surface area contributed by atoms with Crippen molar-refractivity contribution in [3.63, 3.8) is 0 Å². The van der Waals surface area contributed by atoms with Crippen LogP contribution in [0.25, 0.3) is 22.2 Å². The Bertz CT molecular complexity index is 1290. The Hall–Kier alpha value is -4.87. The predicted molar refractivity (Wildman–Crippen MR) is 131 cm³/mol. The van der Waals surface area contributed by atoms with Crippen LogP contribution in [0.15, 0.2) is 48.7 Å². The first kappa shape index (κ1) is 26.4. The molecule has 12 nitrogen and oxygen atoms in total. The van der Waals surface area contributed by atoms with Crippen molar-refractivity contribution in [3.05, 3.63) is 48.7 Å². The van der Waals surface area contributed by atoms with Crippen molar-refractivity contribution >= 4 is 40.3 Å². The topological polar surface area (TPSA) is 186 Å². The van der Waals surface area contributed by atoms with E-state index in [1.54, 1.807) is 26.5 Å². The van der Waals surface area contributed by atoms with Gasteiger partial charge in [0, 0.05) is 36.7 Å². The van der Waals surface area contributed by atoms with Crippen LogP contribution in [0, 0.1) is 0 Å². The molecule has 0 spiro atoms. The zero-order valence-corrected chi connectivity index (χ0v) is 19.6. The van der Waals surface area contributed by atoms with Crippen LogP contribution in [0.1, 0.15) is 13.8 Å². The number of aromatic nitrogens is 4. The van der Waals surface area contributed by atoms with E-state index in [-0.39, 0.29) is 5.95 Å². The molecule has 0 unspecified atom stereocenters. The second kappa shape index (κ2) is 12.4. The molecular weight excluding hydrogens is 456 g/mol. The van der Waals surface area contributed by atoms with Crippen LogP contribution < -0.4 is 20.5 Å². The van der Waals surface area contributed by atoms with Gasteiger partial charge >= 0.3 is 0 Å². The van der Waals surface area contributed by atoms with Crippen LogP contribution in [0.4, 0.5) is 17.5 Å². The maximum absolute atomic E-state index is 9.00. The fourth-order valence-electron chi connectivity index (χ4n) is 2.89. The highest BCUT2D eigenvalue weighted by Crippen LogP contribution is 2.35. The lowest BCUT2D eigenvalue weighted by atomic mass is 10.1. The van der Waals surface area contributed by atoms with Gasteiger partial charge in [-0.3, -0.25) is 14.7 Å². The number of H-pyrrole nitrogens is 1. The van der Waals surface area contributed by atoms with Crippen LogP contribution in [0.5, 0.6) is 11.5 Å². The van der Waals surface area contributed by atoms with E-state index in [1.165, 1.54) is 0 Å². The Morgan fingerprint density at radius 1 is 0.971 bits per heavy atom. The number of carbonyl (C=O) groups is 2. The second-order valence-electron chi connectivity index (χ2n) is 6.87. The number of benzene rings is 2. The lowest BCUT2D eigenvalue weighted by Gasteiger charge is -2.09. The van der Waals surface area contributed by atoms with Gasteiger partial charge in [-0.25, -0.2) is 4.98 Å². The van der Waals surface area contributed by atoms with Crippen LogP contribution in [0.2, 0.25) is 0 Å². The molecule has 12 heteroatoms. The number of hydrogen-bond donors (Lipinski definition) is 5. The predicted octanol–water partition coefficient (Wildman–Crippen LogP) is 3.54. The highest BCUT2D eigenvalue weighted by molar-refractivity contribution is 5.95. The van der Waals surface area contributed by atoms with E-state index in [4.69, 9.17) is 35.0 Å². The molecular formula is C23H26N6O6. The van der Waals surface area contributed by atoms with Crippen LogP contribution in [-0.4, -0.2) is 56.5 Å². The standard InChI is InChI=1S/C19H18N6O2.2C2H4O2/c1-26-15-6-3-11(9-16(15)27-2)18-13-10-12(4-5-14(13)24-25-18)22-17-7-8-21-19(20)23-17;2*1-2(3)4/h3-10H,1-2H3,(H,24,25)(H3,20,21,22,23);2*1H3,(H,3,4). The smallest absolute Gasteiger partial charge is 0.300 e. The summed E-state index contributed by atoms with van der Waals surface area (Å²) >= 11 is 0. The maximum Gasteiger partial charge on any atom is 0.300 e. The SMILES string of the molecule is CC(=O)O.CC(=O)O.COc1ccc(-c2n[nH]c3ccc(Nc4ccnc(N)n4)cc23)cc1OC. The summed E-state index contributed by atoms with van der Waals surface area (Å²) in [6.07, 6.45) is 1.61. The monoisotopic (exact) mass is 482 g/mol. The molecule has 4 rings (SSSR count). The zero-order chi connectivity index (χ0) is 26.0. The molecule has 2 heterocycles. The molecule has 0 saturated carbocycles. The largest absolute Gasteiger partial charge is 0.493 e. The van der Waals surface area contributed by atoms with Gasteiger partial charge in [-0.05, 0) is 42.5 Å². The molecule has 0 radical (unpaired) electrons. The minimum absolute atomic E-state index is 0.218. The van der Waals surface area contributed by atoms with Gasteiger partial charge in [0.05, 0.1) is 19.7 Å². The number of nitrogen functional groups attached to an aromatic ring is 1. The zero-order valence-electron chi connectivity index (χ0n) is 19.6. The molecule has 0 aliphatic carbocycles. The third-order valence-electron chi connectivity index (χ3n) is 4.17. The average Bonchev–Trinajstić information content (AvgIpc) is 3.21. The number of aliphatic carboxylic acids is 2. The number of aromatic amines is 1. The summed E-state index contributed by atoms with van der Waals surface area (Å²) in [5.41, 5.74) is 9.16. The van der Waals surface area contributed by atoms with Gasteiger partial charge in [0.1, 0.15) is 11.5 Å². The van der Waals surface area contributed by atoms with Crippen molar-refractivity contribution in [2.24, 2.45) is 0 Å². The number of methoxy groups -OCH3 is 2. The molecule has 0 saturated heterocycles. The molecule has 4 aromatic rings. The summed E-state index contributed by atoms with van der Waals surface area (Å²) in [5, 5.41) is 26.6. The third-order valence-corrected chi connectivity index (χ3v) is 4.17. The molecule has 184 valence electrons. The number of fused-ring (bicyclic) bond motifs is 1. The van der Waals surface area contributed by atoms with E-state index >= 15 is 0 Å². The first-order chi connectivity index (χ1) is 16.6. The van der Waals surface area contributed by atoms with Crippen molar-refractivity contribution in [3.8, 4) is 22.8 Å². The van der Waals surface area contributed by atoms with Crippen LogP contribution >= 0.6 is 0 Å². The Labute approximate surface area is 200 Å². The lowest BCUT2D eigenvalue weighted by Crippen LogP contribution is -1.98. The maximum atomic E-state index is 9.00. The summed E-state index contributed by atoms with van der Waals surface area (Å²) in [6.45, 7) is 2.17. The van der Waals surface area contributed by atoms with Gasteiger partial charge in [0.15, 0.2) is 11.5 Å². The number of nitrogens with two attached hydrogens (primary N) is 1. The van der Waals surface area contributed by atoms with Crippen molar-refractivity contribution in [1.29, 1.82) is 0 Å². The molecule has 35 heavy (non-hydrogen) atoms. The number of ether oxygens (including phenoxy) is 2. The minimum Gasteiger partial charge on any atom is -0.493 e. The highest BCUT2D eigenvalue weighted by Gasteiger charge is 2.12. The molecule has 2 aromatic heterocycles. The number of anilines is 3. The molecule has 6 N–H and O–H groups in total. The molecule has 0 aliphatic rings. The second-order valence-corrected chi connectivity index (χ2v) is 6.87. The van der Waals surface area contributed by atoms with E-state index in [0.29, 0.717) is 17.3 Å². The van der Waals surface area contributed by atoms with E-state index in [2.05, 4.69) is 25.5 Å². The summed E-state index contributed by atoms with van der Waals surface area (Å²) in [6, 6.07) is 13.4. The van der Waals surface area contributed by atoms with Gasteiger partial charge in [0.25, 0.3) is 11.9 Å². The quantitative estimate of drug-likeness (QED) is 0.280. The number of nitrogens with one attached hydrogen (secondary N) is 2. The van der Waals surface area contributed by atoms with Crippen molar-refractivity contribution in [1.82, 2.24) is 20.2 Å². The van der Waals surface area contributed by atoms with E-state index in [1.807, 2.05) is 36.4 Å². The van der Waals surface area contributed by atoms with Gasteiger partial charge in [-0.1, -0.05) is 0 Å². The van der Waals surface area contributed by atoms with Crippen LogP contribution in [0.3, 0.4) is 0 Å². The number of carboxylic acid groups (broad SMARTS) is 2. The van der Waals surface area contributed by atoms with Crippen molar-refractivity contribution < 1.29 is 29.3 Å². The van der Waals surface area contributed by atoms with Crippen LogP contribution in [-0.2, 0) is 9.59 Å². The highest BCUT2D eigenvalue weighted by atomic mass is 16.5. The molecule has 0 aliphatic heterocycles. The first-order valence-electron chi connectivity index (χ1n) is 10.1. The molecule has 0 amide bonds. The van der Waals surface area contributed by atoms with Crippen molar-refractivity contribution in [2.45, 2.75) is 13.8 Å². The number of nitrogens with zero attached hydrogens (tertiary/aromatic N) is 3. The number of hydrogen-bond acceptors (Lipinski definition) is 9. The lowest BCUT2D eigenvalue weighted by molar-refractivity contribution is -0.135. The average molecular weight is 482 g/mol. The summed E-state index contributed by atoms with van der Waals surface area (Å²) < 4.78 is 10.7.